The van der Waals surface area contributed by atoms with E-state index in [1.54, 1.807) is 20.8 Å². The van der Waals surface area contributed by atoms with E-state index in [2.05, 4.69) is 4.74 Å². The van der Waals surface area contributed by atoms with Crippen molar-refractivity contribution < 1.29 is 14.6 Å². The third-order valence-corrected chi connectivity index (χ3v) is 1.09. The van der Waals surface area contributed by atoms with Crippen LogP contribution in [0.3, 0.4) is 0 Å². The standard InChI is InChI=1S/C8H14O3/c1-4-11-8(10)6(2)5-7(3)9/h5,7,9H,4H2,1-3H3/b6-5+/t7-/m0/s1. The number of hydrogen-bond donors (Lipinski definition) is 1. The highest BCUT2D eigenvalue weighted by atomic mass is 16.5. The van der Waals surface area contributed by atoms with Gasteiger partial charge in [-0.1, -0.05) is 0 Å². The zero-order valence-corrected chi connectivity index (χ0v) is 7.13. The summed E-state index contributed by atoms with van der Waals surface area (Å²) in [7, 11) is 0. The molecule has 0 amide bonds. The molecule has 0 bridgehead atoms. The van der Waals surface area contributed by atoms with E-state index in [0.29, 0.717) is 12.2 Å². The fraction of sp³-hybridized carbons (Fsp3) is 0.625. The molecule has 0 aliphatic rings. The molecule has 1 atom stereocenters. The molecule has 0 aromatic heterocycles. The molecule has 11 heavy (non-hydrogen) atoms. The second-order valence-corrected chi connectivity index (χ2v) is 2.31. The van der Waals surface area contributed by atoms with Gasteiger partial charge in [-0.2, -0.15) is 0 Å². The number of aliphatic hydroxyl groups is 1. The highest BCUT2D eigenvalue weighted by Gasteiger charge is 2.04. The van der Waals surface area contributed by atoms with Crippen LogP contribution in [0.5, 0.6) is 0 Å². The normalized spacial score (nSPS) is 14.4. The molecule has 0 unspecified atom stereocenters. The number of carbonyl (C=O) groups excluding carboxylic acids is 1. The minimum atomic E-state index is -0.598. The van der Waals surface area contributed by atoms with Crippen molar-refractivity contribution in [2.45, 2.75) is 26.9 Å². The van der Waals surface area contributed by atoms with E-state index in [4.69, 9.17) is 5.11 Å². The first-order valence-electron chi connectivity index (χ1n) is 3.61. The Balaban J connectivity index is 4.01. The molecule has 64 valence electrons. The van der Waals surface area contributed by atoms with Gasteiger partial charge in [-0.3, -0.25) is 0 Å². The van der Waals surface area contributed by atoms with Crippen LogP contribution in [0.4, 0.5) is 0 Å². The van der Waals surface area contributed by atoms with Gasteiger partial charge < -0.3 is 9.84 Å². The molecule has 0 saturated carbocycles. The van der Waals surface area contributed by atoms with Crippen molar-refractivity contribution >= 4 is 5.97 Å². The van der Waals surface area contributed by atoms with Gasteiger partial charge in [-0.25, -0.2) is 4.79 Å². The summed E-state index contributed by atoms with van der Waals surface area (Å²) in [4.78, 5) is 10.9. The van der Waals surface area contributed by atoms with Crippen LogP contribution in [-0.4, -0.2) is 23.8 Å². The van der Waals surface area contributed by atoms with Crippen LogP contribution in [0.2, 0.25) is 0 Å². The Morgan fingerprint density at radius 1 is 1.73 bits per heavy atom. The zero-order valence-electron chi connectivity index (χ0n) is 7.13. The Bertz CT molecular complexity index is 159. The summed E-state index contributed by atoms with van der Waals surface area (Å²) in [6, 6.07) is 0. The molecule has 0 heterocycles. The zero-order chi connectivity index (χ0) is 8.85. The smallest absolute Gasteiger partial charge is 0.333 e. The van der Waals surface area contributed by atoms with Crippen molar-refractivity contribution in [3.05, 3.63) is 11.6 Å². The quantitative estimate of drug-likeness (QED) is 0.490. The van der Waals surface area contributed by atoms with Gasteiger partial charge in [0, 0.05) is 5.57 Å². The SMILES string of the molecule is CCOC(=O)/C(C)=C/[C@H](C)O. The monoisotopic (exact) mass is 158 g/mol. The third-order valence-electron chi connectivity index (χ3n) is 1.09. The van der Waals surface area contributed by atoms with Crippen LogP contribution < -0.4 is 0 Å². The minimum Gasteiger partial charge on any atom is -0.463 e. The molecular formula is C8H14O3. The first-order valence-corrected chi connectivity index (χ1v) is 3.61. The molecule has 0 spiro atoms. The lowest BCUT2D eigenvalue weighted by atomic mass is 10.2. The van der Waals surface area contributed by atoms with Gasteiger partial charge in [0.05, 0.1) is 12.7 Å². The van der Waals surface area contributed by atoms with Crippen molar-refractivity contribution in [2.24, 2.45) is 0 Å². The summed E-state index contributed by atoms with van der Waals surface area (Å²) in [5.41, 5.74) is 0.446. The van der Waals surface area contributed by atoms with Crippen molar-refractivity contribution in [1.29, 1.82) is 0 Å². The molecule has 0 fully saturated rings. The molecule has 0 aromatic carbocycles. The maximum absolute atomic E-state index is 10.9. The number of carbonyl (C=O) groups is 1. The second kappa shape index (κ2) is 4.91. The lowest BCUT2D eigenvalue weighted by Gasteiger charge is -2.02. The van der Waals surface area contributed by atoms with Crippen molar-refractivity contribution in [3.8, 4) is 0 Å². The summed E-state index contributed by atoms with van der Waals surface area (Å²) in [5.74, 6) is -0.367. The Morgan fingerprint density at radius 2 is 2.27 bits per heavy atom. The molecule has 0 rings (SSSR count). The largest absolute Gasteiger partial charge is 0.463 e. The van der Waals surface area contributed by atoms with Gasteiger partial charge in [0.2, 0.25) is 0 Å². The van der Waals surface area contributed by atoms with Crippen LogP contribution >= 0.6 is 0 Å². The lowest BCUT2D eigenvalue weighted by Crippen LogP contribution is -2.07. The number of aliphatic hydroxyl groups excluding tert-OH is 1. The van der Waals surface area contributed by atoms with Gasteiger partial charge in [0.1, 0.15) is 0 Å². The molecular weight excluding hydrogens is 144 g/mol. The molecule has 3 heteroatoms. The number of rotatable bonds is 3. The van der Waals surface area contributed by atoms with Crippen LogP contribution in [0, 0.1) is 0 Å². The van der Waals surface area contributed by atoms with Crippen LogP contribution in [-0.2, 0) is 9.53 Å². The topological polar surface area (TPSA) is 46.5 Å². The molecule has 3 nitrogen and oxygen atoms in total. The Kier molecular flexibility index (Phi) is 4.54. The maximum atomic E-state index is 10.9. The van der Waals surface area contributed by atoms with Crippen LogP contribution in [0.15, 0.2) is 11.6 Å². The average Bonchev–Trinajstić information content (AvgIpc) is 1.86. The van der Waals surface area contributed by atoms with E-state index >= 15 is 0 Å². The van der Waals surface area contributed by atoms with E-state index in [-0.39, 0.29) is 5.97 Å². The lowest BCUT2D eigenvalue weighted by molar-refractivity contribution is -0.138. The van der Waals surface area contributed by atoms with Gasteiger partial charge >= 0.3 is 5.97 Å². The molecule has 0 aromatic rings. The van der Waals surface area contributed by atoms with Gasteiger partial charge in [0.25, 0.3) is 0 Å². The maximum Gasteiger partial charge on any atom is 0.333 e. The predicted molar refractivity (Wildman–Crippen MR) is 42.1 cm³/mol. The first kappa shape index (κ1) is 10.2. The van der Waals surface area contributed by atoms with E-state index in [1.165, 1.54) is 6.08 Å². The molecule has 0 radical (unpaired) electrons. The second-order valence-electron chi connectivity index (χ2n) is 2.31. The molecule has 0 aliphatic carbocycles. The molecule has 0 saturated heterocycles. The fourth-order valence-electron chi connectivity index (χ4n) is 0.675. The Hall–Kier alpha value is -0.830. The number of esters is 1. The molecule has 0 aliphatic heterocycles. The van der Waals surface area contributed by atoms with Crippen molar-refractivity contribution in [2.75, 3.05) is 6.61 Å². The first-order chi connectivity index (χ1) is 5.07. The average molecular weight is 158 g/mol. The summed E-state index contributed by atoms with van der Waals surface area (Å²) in [6.07, 6.45) is 0.859. The van der Waals surface area contributed by atoms with E-state index in [1.807, 2.05) is 0 Å². The summed E-state index contributed by atoms with van der Waals surface area (Å²) in [5, 5.41) is 8.86. The number of ether oxygens (including phenoxy) is 1. The van der Waals surface area contributed by atoms with Gasteiger partial charge in [0.15, 0.2) is 0 Å². The molecule has 1 N–H and O–H groups in total. The fourth-order valence-corrected chi connectivity index (χ4v) is 0.675. The van der Waals surface area contributed by atoms with E-state index in [0.717, 1.165) is 0 Å². The van der Waals surface area contributed by atoms with E-state index < -0.39 is 6.10 Å². The van der Waals surface area contributed by atoms with Gasteiger partial charge in [-0.15, -0.1) is 0 Å². The van der Waals surface area contributed by atoms with Crippen molar-refractivity contribution in [3.63, 3.8) is 0 Å². The Morgan fingerprint density at radius 3 is 2.64 bits per heavy atom. The van der Waals surface area contributed by atoms with E-state index in [9.17, 15) is 4.79 Å². The Labute approximate surface area is 66.7 Å². The third kappa shape index (κ3) is 4.56. The summed E-state index contributed by atoms with van der Waals surface area (Å²) in [6.45, 7) is 5.31. The van der Waals surface area contributed by atoms with Crippen LogP contribution in [0.1, 0.15) is 20.8 Å². The summed E-state index contributed by atoms with van der Waals surface area (Å²) < 4.78 is 4.69. The summed E-state index contributed by atoms with van der Waals surface area (Å²) >= 11 is 0. The minimum absolute atomic E-state index is 0.365. The van der Waals surface area contributed by atoms with Gasteiger partial charge in [-0.05, 0) is 26.8 Å². The highest BCUT2D eigenvalue weighted by Crippen LogP contribution is 1.98. The number of hydrogen-bond acceptors (Lipinski definition) is 3. The highest BCUT2D eigenvalue weighted by molar-refractivity contribution is 5.87. The predicted octanol–water partition coefficient (Wildman–Crippen LogP) is 0.877. The van der Waals surface area contributed by atoms with Crippen molar-refractivity contribution in [1.82, 2.24) is 0 Å². The van der Waals surface area contributed by atoms with Crippen LogP contribution in [0.25, 0.3) is 0 Å².